The zero-order chi connectivity index (χ0) is 7.56. The first-order chi connectivity index (χ1) is 4.74. The van der Waals surface area contributed by atoms with Crippen LogP contribution >= 0.6 is 11.6 Å². The summed E-state index contributed by atoms with van der Waals surface area (Å²) in [4.78, 5) is 1.90. The molecule has 0 fully saturated rings. The first-order valence-corrected chi connectivity index (χ1v) is 3.59. The number of hydrogen-bond acceptors (Lipinski definition) is 2. The van der Waals surface area contributed by atoms with Crippen molar-refractivity contribution in [3.8, 4) is 0 Å². The minimum absolute atomic E-state index is 0.438. The maximum absolute atomic E-state index is 5.53. The summed E-state index contributed by atoms with van der Waals surface area (Å²) in [5.41, 5.74) is 0. The molecule has 0 radical (unpaired) electrons. The molecular formula is C7H10ClNO. The van der Waals surface area contributed by atoms with E-state index in [9.17, 15) is 0 Å². The van der Waals surface area contributed by atoms with Gasteiger partial charge < -0.3 is 9.32 Å². The quantitative estimate of drug-likeness (QED) is 0.615. The van der Waals surface area contributed by atoms with E-state index in [0.29, 0.717) is 5.88 Å². The van der Waals surface area contributed by atoms with Crippen LogP contribution in [0.2, 0.25) is 0 Å². The van der Waals surface area contributed by atoms with E-state index in [4.69, 9.17) is 16.0 Å². The summed E-state index contributed by atoms with van der Waals surface area (Å²) in [7, 11) is 3.85. The molecule has 56 valence electrons. The van der Waals surface area contributed by atoms with Crippen molar-refractivity contribution < 1.29 is 4.42 Å². The van der Waals surface area contributed by atoms with Gasteiger partial charge in [-0.1, -0.05) is 0 Å². The minimum atomic E-state index is 0.438. The Labute approximate surface area is 65.4 Å². The SMILES string of the molecule is CN(C)c1ccc(CCl)o1. The molecule has 3 heteroatoms. The molecule has 0 N–H and O–H groups in total. The Bertz CT molecular complexity index is 207. The molecule has 2 nitrogen and oxygen atoms in total. The summed E-state index contributed by atoms with van der Waals surface area (Å²) < 4.78 is 5.29. The molecule has 0 aliphatic heterocycles. The van der Waals surface area contributed by atoms with Gasteiger partial charge in [0.05, 0.1) is 5.88 Å². The van der Waals surface area contributed by atoms with Crippen LogP contribution in [-0.4, -0.2) is 14.1 Å². The van der Waals surface area contributed by atoms with Crippen molar-refractivity contribution in [3.63, 3.8) is 0 Å². The minimum Gasteiger partial charge on any atom is -0.444 e. The first kappa shape index (κ1) is 7.48. The van der Waals surface area contributed by atoms with E-state index in [1.165, 1.54) is 0 Å². The third-order valence-corrected chi connectivity index (χ3v) is 1.48. The molecule has 1 aromatic heterocycles. The number of rotatable bonds is 2. The molecule has 10 heavy (non-hydrogen) atoms. The van der Waals surface area contributed by atoms with E-state index >= 15 is 0 Å². The molecule has 0 atom stereocenters. The van der Waals surface area contributed by atoms with Crippen LogP contribution in [0, 0.1) is 0 Å². The van der Waals surface area contributed by atoms with E-state index in [2.05, 4.69) is 0 Å². The molecule has 0 saturated carbocycles. The van der Waals surface area contributed by atoms with Crippen LogP contribution in [0.5, 0.6) is 0 Å². The predicted octanol–water partition coefficient (Wildman–Crippen LogP) is 2.08. The molecule has 1 rings (SSSR count). The molecule has 0 unspecified atom stereocenters. The molecule has 0 saturated heterocycles. The normalized spacial score (nSPS) is 9.90. The van der Waals surface area contributed by atoms with E-state index in [0.717, 1.165) is 11.6 Å². The second-order valence-electron chi connectivity index (χ2n) is 2.27. The molecule has 0 bridgehead atoms. The summed E-state index contributed by atoms with van der Waals surface area (Å²) in [5, 5.41) is 0. The Morgan fingerprint density at radius 3 is 2.50 bits per heavy atom. The molecule has 0 aromatic carbocycles. The van der Waals surface area contributed by atoms with E-state index < -0.39 is 0 Å². The summed E-state index contributed by atoms with van der Waals surface area (Å²) in [6.07, 6.45) is 0. The van der Waals surface area contributed by atoms with Gasteiger partial charge in [0, 0.05) is 20.2 Å². The Balaban J connectivity index is 2.78. The average Bonchev–Trinajstić information content (AvgIpc) is 2.34. The molecule has 1 aromatic rings. The van der Waals surface area contributed by atoms with Crippen molar-refractivity contribution in [1.29, 1.82) is 0 Å². The molecule has 1 heterocycles. The van der Waals surface area contributed by atoms with Gasteiger partial charge in [0.15, 0.2) is 5.88 Å². The predicted molar refractivity (Wildman–Crippen MR) is 42.6 cm³/mol. The fraction of sp³-hybridized carbons (Fsp3) is 0.429. The van der Waals surface area contributed by atoms with Gasteiger partial charge >= 0.3 is 0 Å². The van der Waals surface area contributed by atoms with Gasteiger partial charge in [-0.05, 0) is 6.07 Å². The molecular weight excluding hydrogens is 150 g/mol. The Hall–Kier alpha value is -0.630. The Morgan fingerprint density at radius 1 is 1.50 bits per heavy atom. The lowest BCUT2D eigenvalue weighted by molar-refractivity contribution is 0.529. The van der Waals surface area contributed by atoms with Gasteiger partial charge in [0.25, 0.3) is 0 Å². The smallest absolute Gasteiger partial charge is 0.195 e. The number of hydrogen-bond donors (Lipinski definition) is 0. The first-order valence-electron chi connectivity index (χ1n) is 3.06. The van der Waals surface area contributed by atoms with Gasteiger partial charge in [0.2, 0.25) is 0 Å². The number of furan rings is 1. The Morgan fingerprint density at radius 2 is 2.20 bits per heavy atom. The fourth-order valence-corrected chi connectivity index (χ4v) is 0.822. The molecule has 0 amide bonds. The summed E-state index contributed by atoms with van der Waals surface area (Å²) in [6.45, 7) is 0. The van der Waals surface area contributed by atoms with Crippen molar-refractivity contribution in [1.82, 2.24) is 0 Å². The number of halogens is 1. The van der Waals surface area contributed by atoms with Gasteiger partial charge in [-0.3, -0.25) is 0 Å². The second-order valence-corrected chi connectivity index (χ2v) is 2.54. The van der Waals surface area contributed by atoms with Crippen LogP contribution in [0.1, 0.15) is 5.76 Å². The molecule has 0 aliphatic rings. The maximum atomic E-state index is 5.53. The highest BCUT2D eigenvalue weighted by Gasteiger charge is 2.00. The fourth-order valence-electron chi connectivity index (χ4n) is 0.679. The topological polar surface area (TPSA) is 16.4 Å². The van der Waals surface area contributed by atoms with Crippen LogP contribution in [-0.2, 0) is 5.88 Å². The van der Waals surface area contributed by atoms with Crippen molar-refractivity contribution >= 4 is 17.5 Å². The Kier molecular flexibility index (Phi) is 2.22. The number of nitrogens with zero attached hydrogens (tertiary/aromatic N) is 1. The van der Waals surface area contributed by atoms with Crippen LogP contribution in [0.15, 0.2) is 16.5 Å². The van der Waals surface area contributed by atoms with E-state index in [1.807, 2.05) is 31.1 Å². The van der Waals surface area contributed by atoms with Crippen molar-refractivity contribution in [3.05, 3.63) is 17.9 Å². The zero-order valence-corrected chi connectivity index (χ0v) is 6.85. The number of anilines is 1. The van der Waals surface area contributed by atoms with Crippen LogP contribution in [0.4, 0.5) is 5.88 Å². The molecule has 0 aliphatic carbocycles. The van der Waals surface area contributed by atoms with Crippen LogP contribution in [0.25, 0.3) is 0 Å². The van der Waals surface area contributed by atoms with E-state index in [1.54, 1.807) is 0 Å². The monoisotopic (exact) mass is 159 g/mol. The third-order valence-electron chi connectivity index (χ3n) is 1.22. The second kappa shape index (κ2) is 2.97. The van der Waals surface area contributed by atoms with Crippen LogP contribution < -0.4 is 4.90 Å². The lowest BCUT2D eigenvalue weighted by Gasteiger charge is -2.05. The summed E-state index contributed by atoms with van der Waals surface area (Å²) in [5.74, 6) is 2.09. The standard InChI is InChI=1S/C7H10ClNO/c1-9(2)7-4-3-6(5-8)10-7/h3-4H,5H2,1-2H3. The van der Waals surface area contributed by atoms with Gasteiger partial charge in [-0.25, -0.2) is 0 Å². The highest BCUT2D eigenvalue weighted by atomic mass is 35.5. The summed E-state index contributed by atoms with van der Waals surface area (Å²) in [6, 6.07) is 3.78. The van der Waals surface area contributed by atoms with Crippen molar-refractivity contribution in [2.24, 2.45) is 0 Å². The van der Waals surface area contributed by atoms with E-state index in [-0.39, 0.29) is 0 Å². The number of alkyl halides is 1. The van der Waals surface area contributed by atoms with Crippen LogP contribution in [0.3, 0.4) is 0 Å². The van der Waals surface area contributed by atoms with Crippen molar-refractivity contribution in [2.45, 2.75) is 5.88 Å². The lowest BCUT2D eigenvalue weighted by Crippen LogP contribution is -2.06. The largest absolute Gasteiger partial charge is 0.444 e. The highest BCUT2D eigenvalue weighted by molar-refractivity contribution is 6.16. The molecule has 0 spiro atoms. The van der Waals surface area contributed by atoms with Gasteiger partial charge in [-0.2, -0.15) is 0 Å². The zero-order valence-electron chi connectivity index (χ0n) is 6.10. The maximum Gasteiger partial charge on any atom is 0.195 e. The highest BCUT2D eigenvalue weighted by Crippen LogP contribution is 2.16. The van der Waals surface area contributed by atoms with Gasteiger partial charge in [-0.15, -0.1) is 11.6 Å². The third kappa shape index (κ3) is 1.45. The van der Waals surface area contributed by atoms with Gasteiger partial charge in [0.1, 0.15) is 5.76 Å². The van der Waals surface area contributed by atoms with Crippen molar-refractivity contribution in [2.75, 3.05) is 19.0 Å². The lowest BCUT2D eigenvalue weighted by atomic mass is 10.5. The summed E-state index contributed by atoms with van der Waals surface area (Å²) >= 11 is 5.53. The average molecular weight is 160 g/mol.